The van der Waals surface area contributed by atoms with Gasteiger partial charge < -0.3 is 5.32 Å². The van der Waals surface area contributed by atoms with E-state index < -0.39 is 0 Å². The minimum Gasteiger partial charge on any atom is -0.319 e. The summed E-state index contributed by atoms with van der Waals surface area (Å²) in [4.78, 5) is 0. The predicted molar refractivity (Wildman–Crippen MR) is 51.8 cm³/mol. The third kappa shape index (κ3) is 3.73. The maximum atomic E-state index is 12.5. The van der Waals surface area contributed by atoms with Crippen molar-refractivity contribution in [2.24, 2.45) is 0 Å². The van der Waals surface area contributed by atoms with Crippen molar-refractivity contribution in [1.82, 2.24) is 5.32 Å². The smallest absolute Gasteiger partial charge is 0.123 e. The summed E-state index contributed by atoms with van der Waals surface area (Å²) >= 11 is 0. The van der Waals surface area contributed by atoms with Crippen LogP contribution >= 0.6 is 0 Å². The highest BCUT2D eigenvalue weighted by atomic mass is 19.1. The third-order valence-corrected chi connectivity index (χ3v) is 1.58. The van der Waals surface area contributed by atoms with Crippen molar-refractivity contribution in [2.45, 2.75) is 6.42 Å². The molecular formula is C11H12FN. The average molecular weight is 177 g/mol. The molecule has 0 heterocycles. The van der Waals surface area contributed by atoms with Crippen molar-refractivity contribution in [3.63, 3.8) is 0 Å². The molecule has 2 heteroatoms. The number of nitrogens with one attached hydrogen (secondary N) is 1. The number of hydrogen-bond donors (Lipinski definition) is 1. The van der Waals surface area contributed by atoms with Crippen LogP contribution in [0, 0.1) is 17.7 Å². The zero-order valence-corrected chi connectivity index (χ0v) is 7.60. The van der Waals surface area contributed by atoms with Crippen molar-refractivity contribution in [2.75, 3.05) is 13.6 Å². The van der Waals surface area contributed by atoms with Crippen molar-refractivity contribution < 1.29 is 4.39 Å². The zero-order chi connectivity index (χ0) is 9.52. The maximum absolute atomic E-state index is 12.5. The van der Waals surface area contributed by atoms with Gasteiger partial charge in [-0.2, -0.15) is 0 Å². The highest BCUT2D eigenvalue weighted by Crippen LogP contribution is 2.00. The molecule has 0 aliphatic carbocycles. The summed E-state index contributed by atoms with van der Waals surface area (Å²) in [6.45, 7) is 0.883. The Morgan fingerprint density at radius 2 is 2.00 bits per heavy atom. The van der Waals surface area contributed by atoms with Crippen LogP contribution in [0.1, 0.15) is 12.0 Å². The molecule has 0 saturated carbocycles. The first-order chi connectivity index (χ1) is 6.33. The molecule has 1 N–H and O–H groups in total. The molecule has 0 aliphatic heterocycles. The van der Waals surface area contributed by atoms with Crippen LogP contribution in [-0.4, -0.2) is 13.6 Å². The lowest BCUT2D eigenvalue weighted by Crippen LogP contribution is -2.05. The first-order valence-corrected chi connectivity index (χ1v) is 4.22. The molecule has 0 spiro atoms. The van der Waals surface area contributed by atoms with Crippen LogP contribution in [0.2, 0.25) is 0 Å². The largest absolute Gasteiger partial charge is 0.319 e. The van der Waals surface area contributed by atoms with Crippen LogP contribution in [-0.2, 0) is 0 Å². The minimum absolute atomic E-state index is 0.222. The van der Waals surface area contributed by atoms with Crippen LogP contribution in [0.25, 0.3) is 0 Å². The van der Waals surface area contributed by atoms with E-state index in [-0.39, 0.29) is 5.82 Å². The summed E-state index contributed by atoms with van der Waals surface area (Å²) in [5.74, 6) is 5.72. The normalized spacial score (nSPS) is 9.08. The molecular weight excluding hydrogens is 165 g/mol. The van der Waals surface area contributed by atoms with Gasteiger partial charge in [0.25, 0.3) is 0 Å². The maximum Gasteiger partial charge on any atom is 0.123 e. The predicted octanol–water partition coefficient (Wildman–Crippen LogP) is 1.79. The minimum atomic E-state index is -0.222. The van der Waals surface area contributed by atoms with E-state index in [1.165, 1.54) is 12.1 Å². The molecule has 0 bridgehead atoms. The first-order valence-electron chi connectivity index (χ1n) is 4.22. The van der Waals surface area contributed by atoms with E-state index in [0.717, 1.165) is 18.5 Å². The molecule has 68 valence electrons. The molecule has 0 unspecified atom stereocenters. The van der Waals surface area contributed by atoms with Crippen LogP contribution in [0.3, 0.4) is 0 Å². The van der Waals surface area contributed by atoms with E-state index in [2.05, 4.69) is 17.2 Å². The fraction of sp³-hybridized carbons (Fsp3) is 0.273. The summed E-state index contributed by atoms with van der Waals surface area (Å²) in [5.41, 5.74) is 0.859. The fourth-order valence-electron chi connectivity index (χ4n) is 0.885. The first kappa shape index (κ1) is 9.76. The number of benzene rings is 1. The van der Waals surface area contributed by atoms with Gasteiger partial charge in [-0.15, -0.1) is 0 Å². The van der Waals surface area contributed by atoms with E-state index in [1.807, 2.05) is 7.05 Å². The molecule has 0 aromatic heterocycles. The summed E-state index contributed by atoms with van der Waals surface area (Å²) in [6, 6.07) is 6.20. The van der Waals surface area contributed by atoms with Gasteiger partial charge in [-0.05, 0) is 31.3 Å². The monoisotopic (exact) mass is 177 g/mol. The van der Waals surface area contributed by atoms with Crippen molar-refractivity contribution in [1.29, 1.82) is 0 Å². The Hall–Kier alpha value is -1.33. The van der Waals surface area contributed by atoms with Crippen LogP contribution in [0.15, 0.2) is 24.3 Å². The van der Waals surface area contributed by atoms with Gasteiger partial charge in [-0.1, -0.05) is 11.8 Å². The SMILES string of the molecule is CNCCC#Cc1ccc(F)cc1. The molecule has 13 heavy (non-hydrogen) atoms. The average Bonchev–Trinajstić information content (AvgIpc) is 2.15. The lowest BCUT2D eigenvalue weighted by Gasteiger charge is -1.90. The Morgan fingerprint density at radius 3 is 2.62 bits per heavy atom. The second kappa shape index (κ2) is 5.34. The fourth-order valence-corrected chi connectivity index (χ4v) is 0.885. The summed E-state index contributed by atoms with van der Waals surface area (Å²) in [7, 11) is 1.89. The van der Waals surface area contributed by atoms with E-state index in [4.69, 9.17) is 0 Å². The van der Waals surface area contributed by atoms with E-state index in [9.17, 15) is 4.39 Å². The summed E-state index contributed by atoms with van der Waals surface area (Å²) < 4.78 is 12.5. The molecule has 1 aromatic rings. The standard InChI is InChI=1S/C11H12FN/c1-13-9-3-2-4-10-5-7-11(12)8-6-10/h5-8,13H,3,9H2,1H3. The Morgan fingerprint density at radius 1 is 1.31 bits per heavy atom. The molecule has 0 radical (unpaired) electrons. The Kier molecular flexibility index (Phi) is 4.01. The van der Waals surface area contributed by atoms with Crippen LogP contribution < -0.4 is 5.32 Å². The van der Waals surface area contributed by atoms with Gasteiger partial charge >= 0.3 is 0 Å². The van der Waals surface area contributed by atoms with Crippen LogP contribution in [0.4, 0.5) is 4.39 Å². The zero-order valence-electron chi connectivity index (χ0n) is 7.60. The second-order valence-corrected chi connectivity index (χ2v) is 2.66. The van der Waals surface area contributed by atoms with Gasteiger partial charge in [-0.25, -0.2) is 4.39 Å². The molecule has 0 amide bonds. The Balaban J connectivity index is 2.52. The van der Waals surface area contributed by atoms with E-state index in [1.54, 1.807) is 12.1 Å². The van der Waals surface area contributed by atoms with E-state index >= 15 is 0 Å². The number of rotatable bonds is 2. The van der Waals surface area contributed by atoms with Crippen molar-refractivity contribution >= 4 is 0 Å². The van der Waals surface area contributed by atoms with Crippen LogP contribution in [0.5, 0.6) is 0 Å². The van der Waals surface area contributed by atoms with Gasteiger partial charge in [0.2, 0.25) is 0 Å². The molecule has 0 aliphatic rings. The van der Waals surface area contributed by atoms with Gasteiger partial charge in [0.05, 0.1) is 0 Å². The molecule has 0 atom stereocenters. The van der Waals surface area contributed by atoms with E-state index in [0.29, 0.717) is 0 Å². The molecule has 0 saturated heterocycles. The van der Waals surface area contributed by atoms with Gasteiger partial charge in [-0.3, -0.25) is 0 Å². The number of halogens is 1. The highest BCUT2D eigenvalue weighted by molar-refractivity contribution is 5.33. The summed E-state index contributed by atoms with van der Waals surface area (Å²) in [6.07, 6.45) is 0.813. The Labute approximate surface area is 78.0 Å². The molecule has 1 aromatic carbocycles. The lowest BCUT2D eigenvalue weighted by molar-refractivity contribution is 0.627. The lowest BCUT2D eigenvalue weighted by atomic mass is 10.2. The third-order valence-electron chi connectivity index (χ3n) is 1.58. The van der Waals surface area contributed by atoms with Gasteiger partial charge in [0.15, 0.2) is 0 Å². The second-order valence-electron chi connectivity index (χ2n) is 2.66. The topological polar surface area (TPSA) is 12.0 Å². The molecule has 1 rings (SSSR count). The number of hydrogen-bond acceptors (Lipinski definition) is 1. The van der Waals surface area contributed by atoms with Gasteiger partial charge in [0.1, 0.15) is 5.82 Å². The van der Waals surface area contributed by atoms with Crippen molar-refractivity contribution in [3.05, 3.63) is 35.6 Å². The van der Waals surface area contributed by atoms with Crippen molar-refractivity contribution in [3.8, 4) is 11.8 Å². The quantitative estimate of drug-likeness (QED) is 0.536. The molecule has 1 nitrogen and oxygen atoms in total. The Bertz CT molecular complexity index is 305. The highest BCUT2D eigenvalue weighted by Gasteiger charge is 1.87. The van der Waals surface area contributed by atoms with Gasteiger partial charge in [0, 0.05) is 18.5 Å². The summed E-state index contributed by atoms with van der Waals surface area (Å²) in [5, 5.41) is 3.00. The molecule has 0 fully saturated rings.